The SMILES string of the molecule is C1=CCCC(C2=C(C3C=CC4=C(C=C5c6c(c(-c7ccccc7)c7cc8c9c(cccc9c7c6-c6ccccc6)C6=C8CCC=C6)C6=CC=CC4C65)C3)c3ccccc3CC2)=C1. The predicted molar refractivity (Wildman–Crippen MR) is 262 cm³/mol. The Hall–Kier alpha value is -6.76. The lowest BCUT2D eigenvalue weighted by molar-refractivity contribution is 0.646. The quantitative estimate of drug-likeness (QED) is 0.156. The fourth-order valence-corrected chi connectivity index (χ4v) is 13.2. The summed E-state index contributed by atoms with van der Waals surface area (Å²) in [7, 11) is 0. The van der Waals surface area contributed by atoms with Gasteiger partial charge in [0.2, 0.25) is 0 Å². The Balaban J connectivity index is 1.05. The Morgan fingerprint density at radius 1 is 0.516 bits per heavy atom. The van der Waals surface area contributed by atoms with E-state index in [1.54, 1.807) is 16.7 Å². The van der Waals surface area contributed by atoms with Crippen LogP contribution in [0.1, 0.15) is 71.9 Å². The zero-order valence-electron chi connectivity index (χ0n) is 34.9. The van der Waals surface area contributed by atoms with Crippen molar-refractivity contribution < 1.29 is 0 Å². The molecule has 0 N–H and O–H groups in total. The molecular formula is C62H46. The van der Waals surface area contributed by atoms with E-state index in [1.165, 1.54) is 111 Å². The van der Waals surface area contributed by atoms with Crippen molar-refractivity contribution in [1.29, 1.82) is 0 Å². The summed E-state index contributed by atoms with van der Waals surface area (Å²) in [6.07, 6.45) is 34.8. The predicted octanol–water partition coefficient (Wildman–Crippen LogP) is 16.0. The first-order chi connectivity index (χ1) is 30.8. The van der Waals surface area contributed by atoms with Gasteiger partial charge < -0.3 is 0 Å². The van der Waals surface area contributed by atoms with Crippen molar-refractivity contribution in [3.63, 3.8) is 0 Å². The van der Waals surface area contributed by atoms with Crippen LogP contribution < -0.4 is 0 Å². The summed E-state index contributed by atoms with van der Waals surface area (Å²) in [6, 6.07) is 41.8. The van der Waals surface area contributed by atoms with Crippen LogP contribution in [0.4, 0.5) is 0 Å². The molecule has 8 aliphatic carbocycles. The van der Waals surface area contributed by atoms with Crippen molar-refractivity contribution in [2.75, 3.05) is 0 Å². The van der Waals surface area contributed by atoms with Crippen molar-refractivity contribution in [3.05, 3.63) is 232 Å². The summed E-state index contributed by atoms with van der Waals surface area (Å²) in [5.41, 5.74) is 27.8. The van der Waals surface area contributed by atoms with Crippen LogP contribution in [0.25, 0.3) is 71.7 Å². The van der Waals surface area contributed by atoms with Crippen molar-refractivity contribution in [3.8, 4) is 22.3 Å². The lowest BCUT2D eigenvalue weighted by Gasteiger charge is -2.37. The fraction of sp³-hybridized carbons (Fsp3) is 0.161. The molecule has 0 aromatic heterocycles. The largest absolute Gasteiger partial charge is 0.0842 e. The summed E-state index contributed by atoms with van der Waals surface area (Å²) in [6.45, 7) is 0. The van der Waals surface area contributed by atoms with Gasteiger partial charge in [-0.05, 0) is 178 Å². The van der Waals surface area contributed by atoms with Crippen LogP contribution in [-0.4, -0.2) is 0 Å². The van der Waals surface area contributed by atoms with E-state index in [2.05, 4.69) is 176 Å². The molecule has 0 fully saturated rings. The third-order valence-electron chi connectivity index (χ3n) is 15.6. The number of benzene rings is 6. The first kappa shape index (κ1) is 34.9. The average Bonchev–Trinajstić information content (AvgIpc) is 3.84. The molecule has 0 spiro atoms. The first-order valence-electron chi connectivity index (χ1n) is 23.1. The van der Waals surface area contributed by atoms with Crippen molar-refractivity contribution in [1.82, 2.24) is 0 Å². The third kappa shape index (κ3) is 4.84. The molecule has 0 amide bonds. The minimum Gasteiger partial charge on any atom is -0.0842 e. The summed E-state index contributed by atoms with van der Waals surface area (Å²) in [5, 5.41) is 5.59. The third-order valence-corrected chi connectivity index (χ3v) is 15.6. The molecule has 62 heavy (non-hydrogen) atoms. The van der Waals surface area contributed by atoms with E-state index in [-0.39, 0.29) is 5.92 Å². The van der Waals surface area contributed by atoms with Crippen LogP contribution in [0.2, 0.25) is 0 Å². The molecule has 3 unspecified atom stereocenters. The molecule has 294 valence electrons. The molecule has 0 heteroatoms. The van der Waals surface area contributed by atoms with Gasteiger partial charge in [-0.3, -0.25) is 0 Å². The Labute approximate surface area is 364 Å². The van der Waals surface area contributed by atoms with Gasteiger partial charge in [0.05, 0.1) is 0 Å². The van der Waals surface area contributed by atoms with E-state index >= 15 is 0 Å². The number of hydrogen-bond acceptors (Lipinski definition) is 0. The van der Waals surface area contributed by atoms with Gasteiger partial charge in [0.1, 0.15) is 0 Å². The number of rotatable bonds is 4. The Morgan fingerprint density at radius 2 is 1.31 bits per heavy atom. The molecular weight excluding hydrogens is 745 g/mol. The smallest absolute Gasteiger partial charge is 0.0206 e. The number of allylic oxidation sites excluding steroid dienone is 20. The molecule has 0 nitrogen and oxygen atoms in total. The van der Waals surface area contributed by atoms with Crippen LogP contribution in [0, 0.1) is 17.8 Å². The summed E-state index contributed by atoms with van der Waals surface area (Å²) < 4.78 is 0. The maximum absolute atomic E-state index is 2.70. The summed E-state index contributed by atoms with van der Waals surface area (Å²) in [5.74, 6) is 0.893. The van der Waals surface area contributed by atoms with Gasteiger partial charge in [-0.1, -0.05) is 170 Å². The number of fused-ring (bicyclic) bond motifs is 9. The van der Waals surface area contributed by atoms with E-state index in [9.17, 15) is 0 Å². The van der Waals surface area contributed by atoms with Gasteiger partial charge in [-0.25, -0.2) is 0 Å². The van der Waals surface area contributed by atoms with E-state index in [0.29, 0.717) is 11.8 Å². The normalized spacial score (nSPS) is 22.4. The van der Waals surface area contributed by atoms with Gasteiger partial charge in [-0.15, -0.1) is 0 Å². The molecule has 6 aromatic carbocycles. The second-order valence-electron chi connectivity index (χ2n) is 18.6. The molecule has 0 saturated heterocycles. The number of aryl methyl sites for hydroxylation is 1. The Morgan fingerprint density at radius 3 is 2.16 bits per heavy atom. The van der Waals surface area contributed by atoms with Gasteiger partial charge in [0, 0.05) is 17.8 Å². The summed E-state index contributed by atoms with van der Waals surface area (Å²) >= 11 is 0. The van der Waals surface area contributed by atoms with Gasteiger partial charge in [0.25, 0.3) is 0 Å². The van der Waals surface area contributed by atoms with Gasteiger partial charge in [0.15, 0.2) is 0 Å². The molecule has 0 heterocycles. The van der Waals surface area contributed by atoms with Crippen molar-refractivity contribution >= 4 is 49.4 Å². The first-order valence-corrected chi connectivity index (χ1v) is 23.1. The molecule has 8 aliphatic rings. The highest BCUT2D eigenvalue weighted by Gasteiger charge is 2.46. The molecule has 0 radical (unpaired) electrons. The minimum atomic E-state index is 0.271. The Kier molecular flexibility index (Phi) is 7.52. The summed E-state index contributed by atoms with van der Waals surface area (Å²) in [4.78, 5) is 0. The lowest BCUT2D eigenvalue weighted by atomic mass is 9.66. The molecule has 0 saturated carbocycles. The molecule has 6 aromatic rings. The molecule has 0 aliphatic heterocycles. The highest BCUT2D eigenvalue weighted by atomic mass is 14.5. The maximum atomic E-state index is 2.70. The van der Waals surface area contributed by atoms with E-state index in [1.807, 2.05) is 0 Å². The minimum absolute atomic E-state index is 0.271. The fourth-order valence-electron chi connectivity index (χ4n) is 13.2. The second-order valence-corrected chi connectivity index (χ2v) is 18.6. The van der Waals surface area contributed by atoms with Crippen molar-refractivity contribution in [2.45, 2.75) is 44.9 Å². The zero-order chi connectivity index (χ0) is 40.5. The van der Waals surface area contributed by atoms with E-state index in [0.717, 1.165) is 44.9 Å². The second kappa shape index (κ2) is 13.4. The van der Waals surface area contributed by atoms with E-state index in [4.69, 9.17) is 0 Å². The lowest BCUT2D eigenvalue weighted by Crippen LogP contribution is -2.23. The monoisotopic (exact) mass is 790 g/mol. The van der Waals surface area contributed by atoms with Gasteiger partial charge in [-0.2, -0.15) is 0 Å². The van der Waals surface area contributed by atoms with Crippen LogP contribution in [0.5, 0.6) is 0 Å². The zero-order valence-corrected chi connectivity index (χ0v) is 34.9. The Bertz CT molecular complexity index is 3340. The molecule has 3 atom stereocenters. The van der Waals surface area contributed by atoms with Crippen LogP contribution in [-0.2, 0) is 6.42 Å². The van der Waals surface area contributed by atoms with Crippen molar-refractivity contribution in [2.24, 2.45) is 17.8 Å². The average molecular weight is 791 g/mol. The van der Waals surface area contributed by atoms with Crippen LogP contribution >= 0.6 is 0 Å². The highest BCUT2D eigenvalue weighted by Crippen LogP contribution is 2.64. The standard InChI is InChI=1S/C62H46/c1-4-16-37(17-5-1)45-33-30-38-18-10-11-23-44(38)55(45)41-31-32-43-42(34-41)35-53-59-48(43)26-14-29-51(59)61-56(39-19-6-2-7-20-39)54-36-52-47-25-13-12-24-46(47)49-27-15-28-50(58(49)52)60(54)57(62(53)61)40-21-8-3-9-22-40/h1-4,6-12,14-16,18-24,26-29,31-32,35-36,41,48,59H,5,13,17,25,30,33-34H2. The molecule has 0 bridgehead atoms. The van der Waals surface area contributed by atoms with Crippen LogP contribution in [0.15, 0.2) is 198 Å². The number of hydrogen-bond donors (Lipinski definition) is 0. The van der Waals surface area contributed by atoms with Gasteiger partial charge >= 0.3 is 0 Å². The molecule has 14 rings (SSSR count). The van der Waals surface area contributed by atoms with Crippen LogP contribution in [0.3, 0.4) is 0 Å². The maximum Gasteiger partial charge on any atom is 0.0206 e. The van der Waals surface area contributed by atoms with E-state index < -0.39 is 0 Å². The topological polar surface area (TPSA) is 0 Å². The highest BCUT2D eigenvalue weighted by molar-refractivity contribution is 6.30.